The predicted octanol–water partition coefficient (Wildman–Crippen LogP) is 2.87. The third-order valence-electron chi connectivity index (χ3n) is 5.93. The van der Waals surface area contributed by atoms with Crippen LogP contribution in [0.1, 0.15) is 19.8 Å². The van der Waals surface area contributed by atoms with E-state index >= 15 is 0 Å². The minimum atomic E-state index is -0.362. The van der Waals surface area contributed by atoms with Crippen molar-refractivity contribution in [1.29, 1.82) is 0 Å². The van der Waals surface area contributed by atoms with Gasteiger partial charge in [-0.05, 0) is 25.5 Å². The van der Waals surface area contributed by atoms with Gasteiger partial charge in [-0.3, -0.25) is 5.32 Å². The summed E-state index contributed by atoms with van der Waals surface area (Å²) in [6.45, 7) is 4.81. The maximum absolute atomic E-state index is 14.2. The molecular weight excluding hydrogens is 384 g/mol. The fraction of sp³-hybridized carbons (Fsp3) is 0.429. The lowest BCUT2D eigenvalue weighted by Crippen LogP contribution is -2.49. The number of hydroxylamine groups is 2. The first-order valence-electron chi connectivity index (χ1n) is 10.3. The highest BCUT2D eigenvalue weighted by Crippen LogP contribution is 2.35. The van der Waals surface area contributed by atoms with Gasteiger partial charge in [-0.25, -0.2) is 9.98 Å². The summed E-state index contributed by atoms with van der Waals surface area (Å²) < 4.78 is -0.362. The molecule has 2 aromatic rings. The van der Waals surface area contributed by atoms with E-state index in [9.17, 15) is 5.21 Å². The number of thiazole rings is 1. The zero-order valence-corrected chi connectivity index (χ0v) is 17.4. The molecule has 0 aliphatic carbocycles. The predicted molar refractivity (Wildman–Crippen MR) is 118 cm³/mol. The Labute approximate surface area is 174 Å². The Morgan fingerprint density at radius 2 is 2.34 bits per heavy atom. The van der Waals surface area contributed by atoms with Crippen molar-refractivity contribution in [3.05, 3.63) is 52.8 Å². The van der Waals surface area contributed by atoms with Gasteiger partial charge in [0, 0.05) is 36.0 Å². The summed E-state index contributed by atoms with van der Waals surface area (Å²) in [5.74, 6) is 0.990. The van der Waals surface area contributed by atoms with E-state index in [4.69, 9.17) is 4.99 Å². The molecule has 7 nitrogen and oxygen atoms in total. The Bertz CT molecular complexity index is 942. The third-order valence-corrected chi connectivity index (χ3v) is 6.75. The van der Waals surface area contributed by atoms with E-state index in [1.54, 1.807) is 17.5 Å². The molecule has 2 unspecified atom stereocenters. The van der Waals surface area contributed by atoms with Gasteiger partial charge < -0.3 is 20.1 Å². The zero-order chi connectivity index (χ0) is 19.8. The normalized spacial score (nSPS) is 28.7. The number of nitrogens with one attached hydrogen (secondary N) is 2. The van der Waals surface area contributed by atoms with Crippen molar-refractivity contribution in [2.45, 2.75) is 32.1 Å². The number of fused-ring (bicyclic) bond motifs is 3. The molecule has 0 saturated carbocycles. The van der Waals surface area contributed by atoms with E-state index in [0.717, 1.165) is 53.6 Å². The van der Waals surface area contributed by atoms with Crippen molar-refractivity contribution in [3.63, 3.8) is 0 Å². The molecule has 3 aliphatic heterocycles. The van der Waals surface area contributed by atoms with Gasteiger partial charge in [0.15, 0.2) is 6.29 Å². The SMILES string of the molecule is CCN[C@@H]1N=C2C(=CN1)C[N+]([O-])(c1cccc(-c3nccs3)c1)CC1CCCN21. The summed E-state index contributed by atoms with van der Waals surface area (Å²) in [7, 11) is 0. The van der Waals surface area contributed by atoms with Crippen LogP contribution in [0.15, 0.2) is 52.6 Å². The molecule has 2 fully saturated rings. The lowest BCUT2D eigenvalue weighted by Gasteiger charge is -2.43. The Hall–Kier alpha value is -2.26. The number of quaternary nitrogens is 1. The lowest BCUT2D eigenvalue weighted by atomic mass is 10.1. The van der Waals surface area contributed by atoms with Crippen molar-refractivity contribution in [2.75, 3.05) is 26.2 Å². The van der Waals surface area contributed by atoms with Gasteiger partial charge in [-0.1, -0.05) is 19.1 Å². The fourth-order valence-corrected chi connectivity index (χ4v) is 5.23. The number of aliphatic imine (C=N–C) groups is 1. The van der Waals surface area contributed by atoms with Crippen molar-refractivity contribution in [2.24, 2.45) is 4.99 Å². The minimum absolute atomic E-state index is 0.125. The molecule has 5 rings (SSSR count). The minimum Gasteiger partial charge on any atom is -0.627 e. The Morgan fingerprint density at radius 3 is 3.17 bits per heavy atom. The first-order chi connectivity index (χ1) is 14.2. The average Bonchev–Trinajstić information content (AvgIpc) is 3.40. The van der Waals surface area contributed by atoms with E-state index < -0.39 is 0 Å². The largest absolute Gasteiger partial charge is 0.627 e. The van der Waals surface area contributed by atoms with Crippen LogP contribution in [0, 0.1) is 5.21 Å². The average molecular weight is 411 g/mol. The summed E-state index contributed by atoms with van der Waals surface area (Å²) in [5.41, 5.74) is 2.80. The van der Waals surface area contributed by atoms with Gasteiger partial charge in [0.25, 0.3) is 0 Å². The smallest absolute Gasteiger partial charge is 0.175 e. The summed E-state index contributed by atoms with van der Waals surface area (Å²) in [5, 5.41) is 23.8. The van der Waals surface area contributed by atoms with Gasteiger partial charge in [-0.2, -0.15) is 0 Å². The molecule has 3 aliphatic rings. The first-order valence-corrected chi connectivity index (χ1v) is 11.2. The van der Waals surface area contributed by atoms with Crippen LogP contribution in [-0.2, 0) is 0 Å². The number of rotatable bonds is 4. The maximum Gasteiger partial charge on any atom is 0.175 e. The van der Waals surface area contributed by atoms with Crippen LogP contribution < -0.4 is 15.3 Å². The second-order valence-corrected chi connectivity index (χ2v) is 8.75. The molecular formula is C21H26N6OS. The Morgan fingerprint density at radius 1 is 1.41 bits per heavy atom. The summed E-state index contributed by atoms with van der Waals surface area (Å²) in [4.78, 5) is 11.7. The lowest BCUT2D eigenvalue weighted by molar-refractivity contribution is 0.304. The Kier molecular flexibility index (Phi) is 4.87. The van der Waals surface area contributed by atoms with Crippen molar-refractivity contribution >= 4 is 22.9 Å². The molecule has 0 radical (unpaired) electrons. The van der Waals surface area contributed by atoms with Crippen LogP contribution >= 0.6 is 11.3 Å². The van der Waals surface area contributed by atoms with E-state index in [-0.39, 0.29) is 17.0 Å². The molecule has 152 valence electrons. The fourth-order valence-electron chi connectivity index (χ4n) is 4.60. The van der Waals surface area contributed by atoms with Crippen molar-refractivity contribution in [1.82, 2.24) is 25.2 Å². The summed E-state index contributed by atoms with van der Waals surface area (Å²) >= 11 is 1.60. The molecule has 2 N–H and O–H groups in total. The number of amidine groups is 1. The van der Waals surface area contributed by atoms with Crippen LogP contribution in [0.25, 0.3) is 10.6 Å². The van der Waals surface area contributed by atoms with Crippen LogP contribution in [-0.4, -0.2) is 54.2 Å². The van der Waals surface area contributed by atoms with Crippen LogP contribution in [0.3, 0.4) is 0 Å². The molecule has 2 saturated heterocycles. The Balaban J connectivity index is 1.52. The molecule has 3 atom stereocenters. The number of nitrogens with zero attached hydrogens (tertiary/aromatic N) is 4. The molecule has 1 aromatic heterocycles. The van der Waals surface area contributed by atoms with Crippen LogP contribution in [0.2, 0.25) is 0 Å². The van der Waals surface area contributed by atoms with E-state index in [0.29, 0.717) is 13.1 Å². The summed E-state index contributed by atoms with van der Waals surface area (Å²) in [6, 6.07) is 8.21. The number of hydrogen-bond donors (Lipinski definition) is 2. The molecule has 0 amide bonds. The highest BCUT2D eigenvalue weighted by atomic mass is 32.1. The van der Waals surface area contributed by atoms with Crippen LogP contribution in [0.5, 0.6) is 0 Å². The van der Waals surface area contributed by atoms with E-state index in [2.05, 4.69) is 27.4 Å². The van der Waals surface area contributed by atoms with Gasteiger partial charge in [-0.15, -0.1) is 11.3 Å². The molecule has 0 bridgehead atoms. The molecule has 1 aromatic carbocycles. The van der Waals surface area contributed by atoms with Gasteiger partial charge in [0.1, 0.15) is 29.6 Å². The topological polar surface area (TPSA) is 75.6 Å². The summed E-state index contributed by atoms with van der Waals surface area (Å²) in [6.07, 6.45) is 5.82. The van der Waals surface area contributed by atoms with Crippen LogP contribution in [0.4, 0.5) is 5.69 Å². The molecule has 4 heterocycles. The van der Waals surface area contributed by atoms with E-state index in [1.165, 1.54) is 0 Å². The molecule has 0 spiro atoms. The van der Waals surface area contributed by atoms with Crippen molar-refractivity contribution < 1.29 is 0 Å². The van der Waals surface area contributed by atoms with Gasteiger partial charge in [0.2, 0.25) is 0 Å². The monoisotopic (exact) mass is 410 g/mol. The van der Waals surface area contributed by atoms with Gasteiger partial charge in [0.05, 0.1) is 11.6 Å². The second-order valence-electron chi connectivity index (χ2n) is 7.86. The standard InChI is InChI=1S/C21H26N6OS/c1-2-22-21-24-12-16-13-27(28,14-17-6-4-9-26(17)19(16)25-21)18-7-3-5-15(11-18)20-23-8-10-29-20/h3,5,7-8,10-12,17,21-22,24H,2,4,6,9,13-14H2,1H3/t17?,21-,27?/m0/s1. The molecule has 8 heteroatoms. The highest BCUT2D eigenvalue weighted by molar-refractivity contribution is 7.13. The van der Waals surface area contributed by atoms with Crippen molar-refractivity contribution in [3.8, 4) is 10.6 Å². The number of aromatic nitrogens is 1. The first kappa shape index (κ1) is 18.7. The third kappa shape index (κ3) is 3.46. The second kappa shape index (κ2) is 7.53. The number of hydrogen-bond acceptors (Lipinski definition) is 7. The van der Waals surface area contributed by atoms with Gasteiger partial charge >= 0.3 is 0 Å². The maximum atomic E-state index is 14.2. The number of benzene rings is 1. The zero-order valence-electron chi connectivity index (χ0n) is 16.5. The molecule has 29 heavy (non-hydrogen) atoms. The van der Waals surface area contributed by atoms with E-state index in [1.807, 2.05) is 35.8 Å². The quantitative estimate of drug-likeness (QED) is 0.599. The highest BCUT2D eigenvalue weighted by Gasteiger charge is 2.41.